The van der Waals surface area contributed by atoms with Crippen molar-refractivity contribution in [3.8, 4) is 0 Å². The average molecular weight is 264 g/mol. The zero-order valence-corrected chi connectivity index (χ0v) is 11.6. The van der Waals surface area contributed by atoms with Crippen molar-refractivity contribution in [3.05, 3.63) is 23.0 Å². The van der Waals surface area contributed by atoms with Crippen LogP contribution in [-0.2, 0) is 4.74 Å². The molecular weight excluding hydrogens is 244 g/mol. The molecular formula is C13H20N4O2. The number of fused-ring (bicyclic) bond motifs is 1. The van der Waals surface area contributed by atoms with E-state index in [0.29, 0.717) is 19.8 Å². The maximum Gasteiger partial charge on any atom is 0.160 e. The van der Waals surface area contributed by atoms with Crippen molar-refractivity contribution in [2.45, 2.75) is 20.8 Å². The van der Waals surface area contributed by atoms with Gasteiger partial charge in [0.2, 0.25) is 0 Å². The lowest BCUT2D eigenvalue weighted by Gasteiger charge is -2.09. The predicted molar refractivity (Wildman–Crippen MR) is 73.6 cm³/mol. The third-order valence-corrected chi connectivity index (χ3v) is 2.97. The Hall–Kier alpha value is -1.66. The summed E-state index contributed by atoms with van der Waals surface area (Å²) in [6, 6.07) is 1.96. The van der Waals surface area contributed by atoms with Gasteiger partial charge in [-0.1, -0.05) is 0 Å². The summed E-state index contributed by atoms with van der Waals surface area (Å²) in [7, 11) is 0. The average Bonchev–Trinajstić information content (AvgIpc) is 2.66. The first-order valence-electron chi connectivity index (χ1n) is 6.39. The molecule has 0 unspecified atom stereocenters. The molecule has 0 aromatic carbocycles. The molecule has 0 spiro atoms. The summed E-state index contributed by atoms with van der Waals surface area (Å²) in [4.78, 5) is 4.51. The summed E-state index contributed by atoms with van der Waals surface area (Å²) < 4.78 is 7.04. The molecule has 0 amide bonds. The van der Waals surface area contributed by atoms with E-state index >= 15 is 0 Å². The van der Waals surface area contributed by atoms with Gasteiger partial charge in [-0.2, -0.15) is 9.61 Å². The van der Waals surface area contributed by atoms with E-state index in [1.807, 2.05) is 31.4 Å². The molecule has 0 radical (unpaired) electrons. The minimum Gasteiger partial charge on any atom is -0.394 e. The molecule has 0 atom stereocenters. The lowest BCUT2D eigenvalue weighted by atomic mass is 10.3. The highest BCUT2D eigenvalue weighted by atomic mass is 16.5. The monoisotopic (exact) mass is 264 g/mol. The predicted octanol–water partition coefficient (Wildman–Crippen LogP) is 1.08. The highest BCUT2D eigenvalue weighted by Gasteiger charge is 2.10. The highest BCUT2D eigenvalue weighted by Crippen LogP contribution is 2.17. The van der Waals surface area contributed by atoms with E-state index in [1.165, 1.54) is 0 Å². The van der Waals surface area contributed by atoms with Gasteiger partial charge >= 0.3 is 0 Å². The Morgan fingerprint density at radius 3 is 2.84 bits per heavy atom. The molecule has 0 aliphatic carbocycles. The number of aromatic nitrogens is 3. The summed E-state index contributed by atoms with van der Waals surface area (Å²) in [6.45, 7) is 7.60. The molecule has 2 rings (SSSR count). The smallest absolute Gasteiger partial charge is 0.160 e. The van der Waals surface area contributed by atoms with Crippen LogP contribution >= 0.6 is 0 Å². The van der Waals surface area contributed by atoms with Gasteiger partial charge in [0, 0.05) is 23.9 Å². The number of nitrogens with zero attached hydrogens (tertiary/aromatic N) is 3. The number of hydrogen-bond donors (Lipinski definition) is 2. The maximum atomic E-state index is 8.63. The molecule has 2 aromatic heterocycles. The van der Waals surface area contributed by atoms with Crippen LogP contribution in [0, 0.1) is 20.8 Å². The Morgan fingerprint density at radius 2 is 2.11 bits per heavy atom. The van der Waals surface area contributed by atoms with Gasteiger partial charge in [0.1, 0.15) is 5.82 Å². The molecule has 6 nitrogen and oxygen atoms in total. The van der Waals surface area contributed by atoms with Crippen LogP contribution in [0.25, 0.3) is 5.65 Å². The van der Waals surface area contributed by atoms with Crippen LogP contribution in [0.2, 0.25) is 0 Å². The van der Waals surface area contributed by atoms with Gasteiger partial charge in [-0.15, -0.1) is 0 Å². The molecule has 2 heterocycles. The largest absolute Gasteiger partial charge is 0.394 e. The van der Waals surface area contributed by atoms with E-state index < -0.39 is 0 Å². The third kappa shape index (κ3) is 3.02. The number of ether oxygens (including phenoxy) is 1. The second-order valence-corrected chi connectivity index (χ2v) is 4.49. The van der Waals surface area contributed by atoms with Gasteiger partial charge in [-0.25, -0.2) is 4.98 Å². The van der Waals surface area contributed by atoms with Crippen molar-refractivity contribution in [2.75, 3.05) is 31.7 Å². The number of hydrogen-bond acceptors (Lipinski definition) is 5. The van der Waals surface area contributed by atoms with E-state index in [9.17, 15) is 0 Å². The second kappa shape index (κ2) is 5.99. The van der Waals surface area contributed by atoms with Crippen LogP contribution in [0.15, 0.2) is 6.07 Å². The molecule has 104 valence electrons. The fourth-order valence-electron chi connectivity index (χ4n) is 1.89. The van der Waals surface area contributed by atoms with Gasteiger partial charge < -0.3 is 15.2 Å². The molecule has 0 fully saturated rings. The highest BCUT2D eigenvalue weighted by molar-refractivity contribution is 5.55. The zero-order valence-electron chi connectivity index (χ0n) is 11.6. The Bertz CT molecular complexity index is 565. The van der Waals surface area contributed by atoms with Crippen molar-refractivity contribution in [2.24, 2.45) is 0 Å². The Labute approximate surface area is 112 Å². The summed E-state index contributed by atoms with van der Waals surface area (Å²) >= 11 is 0. The van der Waals surface area contributed by atoms with Gasteiger partial charge in [0.25, 0.3) is 0 Å². The summed E-state index contributed by atoms with van der Waals surface area (Å²) in [5, 5.41) is 16.4. The SMILES string of the molecule is Cc1cc(NCCOCCO)n2nc(C)c(C)c2n1. The van der Waals surface area contributed by atoms with Crippen LogP contribution in [0.1, 0.15) is 17.0 Å². The Morgan fingerprint density at radius 1 is 1.32 bits per heavy atom. The lowest BCUT2D eigenvalue weighted by molar-refractivity contribution is 0.0991. The van der Waals surface area contributed by atoms with Crippen molar-refractivity contribution in [1.82, 2.24) is 14.6 Å². The topological polar surface area (TPSA) is 71.7 Å². The summed E-state index contributed by atoms with van der Waals surface area (Å²) in [5.74, 6) is 0.909. The van der Waals surface area contributed by atoms with E-state index in [-0.39, 0.29) is 6.61 Å². The summed E-state index contributed by atoms with van der Waals surface area (Å²) in [6.07, 6.45) is 0. The zero-order chi connectivity index (χ0) is 13.8. The molecule has 0 saturated heterocycles. The van der Waals surface area contributed by atoms with Crippen LogP contribution < -0.4 is 5.32 Å². The molecule has 0 aliphatic rings. The van der Waals surface area contributed by atoms with Crippen molar-refractivity contribution in [1.29, 1.82) is 0 Å². The quantitative estimate of drug-likeness (QED) is 0.764. The first-order valence-corrected chi connectivity index (χ1v) is 6.39. The number of nitrogens with one attached hydrogen (secondary N) is 1. The van der Waals surface area contributed by atoms with E-state index in [4.69, 9.17) is 9.84 Å². The number of aliphatic hydroxyl groups is 1. The van der Waals surface area contributed by atoms with Crippen molar-refractivity contribution < 1.29 is 9.84 Å². The van der Waals surface area contributed by atoms with Gasteiger partial charge in [-0.3, -0.25) is 0 Å². The van der Waals surface area contributed by atoms with Crippen molar-refractivity contribution >= 4 is 11.5 Å². The third-order valence-electron chi connectivity index (χ3n) is 2.97. The van der Waals surface area contributed by atoms with Crippen LogP contribution in [-0.4, -0.2) is 46.1 Å². The standard InChI is InChI=1S/C13H20N4O2/c1-9-8-12(14-4-6-19-7-5-18)17-13(15-9)10(2)11(3)16-17/h8,14,18H,4-7H2,1-3H3. The van der Waals surface area contributed by atoms with Gasteiger partial charge in [-0.05, 0) is 20.8 Å². The Balaban J connectivity index is 2.15. The molecule has 2 N–H and O–H groups in total. The molecule has 0 bridgehead atoms. The fourth-order valence-corrected chi connectivity index (χ4v) is 1.89. The first kappa shape index (κ1) is 13.8. The Kier molecular flexibility index (Phi) is 4.34. The minimum atomic E-state index is 0.0517. The lowest BCUT2D eigenvalue weighted by Crippen LogP contribution is -2.14. The minimum absolute atomic E-state index is 0.0517. The van der Waals surface area contributed by atoms with Gasteiger partial charge in [0.05, 0.1) is 25.5 Å². The van der Waals surface area contributed by atoms with Crippen LogP contribution in [0.5, 0.6) is 0 Å². The van der Waals surface area contributed by atoms with E-state index in [1.54, 1.807) is 0 Å². The number of anilines is 1. The fraction of sp³-hybridized carbons (Fsp3) is 0.538. The summed E-state index contributed by atoms with van der Waals surface area (Å²) in [5.41, 5.74) is 3.92. The first-order chi connectivity index (χ1) is 9.13. The number of aryl methyl sites for hydroxylation is 3. The van der Waals surface area contributed by atoms with Crippen molar-refractivity contribution in [3.63, 3.8) is 0 Å². The molecule has 19 heavy (non-hydrogen) atoms. The second-order valence-electron chi connectivity index (χ2n) is 4.49. The van der Waals surface area contributed by atoms with Crippen LogP contribution in [0.4, 0.5) is 5.82 Å². The van der Waals surface area contributed by atoms with E-state index in [0.717, 1.165) is 28.4 Å². The van der Waals surface area contributed by atoms with Crippen LogP contribution in [0.3, 0.4) is 0 Å². The number of rotatable bonds is 6. The van der Waals surface area contributed by atoms with Gasteiger partial charge in [0.15, 0.2) is 5.65 Å². The molecule has 6 heteroatoms. The normalized spacial score (nSPS) is 11.2. The van der Waals surface area contributed by atoms with E-state index in [2.05, 4.69) is 15.4 Å². The molecule has 0 saturated carbocycles. The number of aliphatic hydroxyl groups excluding tert-OH is 1. The maximum absolute atomic E-state index is 8.63. The molecule has 0 aliphatic heterocycles. The molecule has 2 aromatic rings.